The maximum atomic E-state index is 13.3. The number of aromatic nitrogens is 1. The SMILES string of the molecule is CCc1ccccc1N(CC(=O)N/N=C/c1cc(C)n(-c2ccc(F)cc2)c1C)S(C)(=O)=O. The molecule has 0 saturated heterocycles. The molecule has 3 rings (SSSR count). The standard InChI is InChI=1S/C24H27FN4O3S/c1-5-19-8-6-7-9-23(19)28(33(4,31)32)16-24(30)27-26-15-20-14-17(2)29(18(20)3)22-12-10-21(25)11-13-22/h6-15H,5,16H2,1-4H3,(H,27,30)/b26-15+. The molecule has 33 heavy (non-hydrogen) atoms. The van der Waals surface area contributed by atoms with E-state index in [0.717, 1.165) is 38.8 Å². The second kappa shape index (κ2) is 9.99. The molecule has 0 unspecified atom stereocenters. The van der Waals surface area contributed by atoms with Crippen molar-refractivity contribution in [2.24, 2.45) is 5.10 Å². The zero-order valence-corrected chi connectivity index (χ0v) is 19.9. The lowest BCUT2D eigenvalue weighted by Crippen LogP contribution is -2.39. The Labute approximate surface area is 193 Å². The van der Waals surface area contributed by atoms with Crippen molar-refractivity contribution in [2.45, 2.75) is 27.2 Å². The molecular weight excluding hydrogens is 443 g/mol. The molecule has 7 nitrogen and oxygen atoms in total. The van der Waals surface area contributed by atoms with Gasteiger partial charge in [-0.2, -0.15) is 5.10 Å². The minimum absolute atomic E-state index is 0.310. The molecule has 174 valence electrons. The first kappa shape index (κ1) is 24.2. The molecule has 0 aliphatic heterocycles. The second-order valence-corrected chi connectivity index (χ2v) is 9.59. The van der Waals surface area contributed by atoms with E-state index in [-0.39, 0.29) is 12.4 Å². The normalized spacial score (nSPS) is 11.7. The van der Waals surface area contributed by atoms with Crippen molar-refractivity contribution in [1.82, 2.24) is 9.99 Å². The fourth-order valence-corrected chi connectivity index (χ4v) is 4.57. The third-order valence-electron chi connectivity index (χ3n) is 5.28. The molecular formula is C24H27FN4O3S. The van der Waals surface area contributed by atoms with Crippen LogP contribution in [0.1, 0.15) is 29.4 Å². The fraction of sp³-hybridized carbons (Fsp3) is 0.250. The summed E-state index contributed by atoms with van der Waals surface area (Å²) in [4.78, 5) is 12.5. The van der Waals surface area contributed by atoms with E-state index in [4.69, 9.17) is 0 Å². The molecule has 2 aromatic carbocycles. The molecule has 0 radical (unpaired) electrons. The Morgan fingerprint density at radius 2 is 1.82 bits per heavy atom. The minimum Gasteiger partial charge on any atom is -0.318 e. The van der Waals surface area contributed by atoms with Crippen molar-refractivity contribution >= 4 is 27.8 Å². The van der Waals surface area contributed by atoms with E-state index >= 15 is 0 Å². The second-order valence-electron chi connectivity index (χ2n) is 7.68. The fourth-order valence-electron chi connectivity index (χ4n) is 3.68. The van der Waals surface area contributed by atoms with Crippen LogP contribution < -0.4 is 9.73 Å². The summed E-state index contributed by atoms with van der Waals surface area (Å²) in [5.41, 5.74) is 7.09. The van der Waals surface area contributed by atoms with Gasteiger partial charge in [0.2, 0.25) is 10.0 Å². The highest BCUT2D eigenvalue weighted by Crippen LogP contribution is 2.23. The van der Waals surface area contributed by atoms with Gasteiger partial charge in [-0.25, -0.2) is 18.2 Å². The van der Waals surface area contributed by atoms with Crippen LogP contribution in [0.25, 0.3) is 5.69 Å². The number of carbonyl (C=O) groups excluding carboxylic acids is 1. The van der Waals surface area contributed by atoms with Crippen LogP contribution in [-0.2, 0) is 21.2 Å². The first-order valence-electron chi connectivity index (χ1n) is 10.4. The van der Waals surface area contributed by atoms with Crippen LogP contribution in [0.4, 0.5) is 10.1 Å². The topological polar surface area (TPSA) is 83.8 Å². The minimum atomic E-state index is -3.67. The van der Waals surface area contributed by atoms with Crippen molar-refractivity contribution in [2.75, 3.05) is 17.1 Å². The van der Waals surface area contributed by atoms with Crippen LogP contribution in [0.15, 0.2) is 59.7 Å². The number of anilines is 1. The number of rotatable bonds is 8. The number of halogens is 1. The van der Waals surface area contributed by atoms with Crippen LogP contribution in [0.5, 0.6) is 0 Å². The van der Waals surface area contributed by atoms with Gasteiger partial charge in [-0.05, 0) is 62.2 Å². The summed E-state index contributed by atoms with van der Waals surface area (Å²) in [5.74, 6) is -0.870. The Bertz CT molecular complexity index is 1280. The number of hydrogen-bond acceptors (Lipinski definition) is 4. The number of carbonyl (C=O) groups is 1. The molecule has 9 heteroatoms. The Kier molecular flexibility index (Phi) is 7.33. The third-order valence-corrected chi connectivity index (χ3v) is 6.40. The van der Waals surface area contributed by atoms with Crippen LogP contribution in [0.3, 0.4) is 0 Å². The van der Waals surface area contributed by atoms with Gasteiger partial charge in [-0.1, -0.05) is 25.1 Å². The van der Waals surface area contributed by atoms with Crippen molar-refractivity contribution in [3.8, 4) is 5.69 Å². The molecule has 0 fully saturated rings. The van der Waals surface area contributed by atoms with E-state index in [1.807, 2.05) is 43.5 Å². The summed E-state index contributed by atoms with van der Waals surface area (Å²) in [6.45, 7) is 5.35. The maximum Gasteiger partial charge on any atom is 0.260 e. The number of nitrogens with zero attached hydrogens (tertiary/aromatic N) is 3. The van der Waals surface area contributed by atoms with Gasteiger partial charge in [-0.15, -0.1) is 0 Å². The summed E-state index contributed by atoms with van der Waals surface area (Å²) in [6, 6.07) is 15.1. The van der Waals surface area contributed by atoms with E-state index in [1.54, 1.807) is 24.3 Å². The number of para-hydroxylation sites is 1. The molecule has 1 N–H and O–H groups in total. The molecule has 1 heterocycles. The number of aryl methyl sites for hydroxylation is 2. The predicted molar refractivity (Wildman–Crippen MR) is 129 cm³/mol. The molecule has 0 aliphatic carbocycles. The van der Waals surface area contributed by atoms with Crippen LogP contribution >= 0.6 is 0 Å². The smallest absolute Gasteiger partial charge is 0.260 e. The first-order chi connectivity index (χ1) is 15.6. The average molecular weight is 471 g/mol. The highest BCUT2D eigenvalue weighted by molar-refractivity contribution is 7.92. The average Bonchev–Trinajstić information content (AvgIpc) is 3.05. The van der Waals surface area contributed by atoms with E-state index in [1.165, 1.54) is 18.3 Å². The van der Waals surface area contributed by atoms with Crippen LogP contribution in [-0.4, -0.2) is 37.9 Å². The zero-order valence-electron chi connectivity index (χ0n) is 19.0. The first-order valence-corrected chi connectivity index (χ1v) is 12.3. The van der Waals surface area contributed by atoms with Crippen molar-refractivity contribution in [3.05, 3.63) is 82.9 Å². The van der Waals surface area contributed by atoms with Crippen LogP contribution in [0.2, 0.25) is 0 Å². The number of amides is 1. The number of benzene rings is 2. The van der Waals surface area contributed by atoms with Gasteiger partial charge in [0.15, 0.2) is 0 Å². The lowest BCUT2D eigenvalue weighted by atomic mass is 10.1. The van der Waals surface area contributed by atoms with Gasteiger partial charge in [0, 0.05) is 22.6 Å². The summed E-state index contributed by atoms with van der Waals surface area (Å²) in [6.07, 6.45) is 3.21. The number of nitrogens with one attached hydrogen (secondary N) is 1. The van der Waals surface area contributed by atoms with E-state index in [9.17, 15) is 17.6 Å². The molecule has 0 aliphatic rings. The van der Waals surface area contributed by atoms with Gasteiger partial charge in [-0.3, -0.25) is 9.10 Å². The van der Waals surface area contributed by atoms with E-state index < -0.39 is 15.9 Å². The summed E-state index contributed by atoms with van der Waals surface area (Å²) in [7, 11) is -3.67. The van der Waals surface area contributed by atoms with Crippen LogP contribution in [0, 0.1) is 19.7 Å². The van der Waals surface area contributed by atoms with Gasteiger partial charge in [0.25, 0.3) is 5.91 Å². The van der Waals surface area contributed by atoms with Gasteiger partial charge in [0.1, 0.15) is 12.4 Å². The summed E-state index contributed by atoms with van der Waals surface area (Å²) in [5, 5.41) is 4.02. The molecule has 0 spiro atoms. The quantitative estimate of drug-likeness (QED) is 0.402. The molecule has 0 bridgehead atoms. The third kappa shape index (κ3) is 5.67. The highest BCUT2D eigenvalue weighted by Gasteiger charge is 2.22. The monoisotopic (exact) mass is 470 g/mol. The van der Waals surface area contributed by atoms with E-state index in [0.29, 0.717) is 12.1 Å². The van der Waals surface area contributed by atoms with E-state index in [2.05, 4.69) is 10.5 Å². The Morgan fingerprint density at radius 1 is 1.15 bits per heavy atom. The molecule has 1 aromatic heterocycles. The number of sulfonamides is 1. The highest BCUT2D eigenvalue weighted by atomic mass is 32.2. The van der Waals surface area contributed by atoms with Crippen molar-refractivity contribution in [3.63, 3.8) is 0 Å². The predicted octanol–water partition coefficient (Wildman–Crippen LogP) is 3.71. The van der Waals surface area contributed by atoms with Crippen molar-refractivity contribution in [1.29, 1.82) is 0 Å². The zero-order chi connectivity index (χ0) is 24.2. The Hall–Kier alpha value is -3.46. The molecule has 1 amide bonds. The maximum absolute atomic E-state index is 13.3. The summed E-state index contributed by atoms with van der Waals surface area (Å²) < 4.78 is 41.0. The number of hydrazone groups is 1. The Balaban J connectivity index is 1.76. The lowest BCUT2D eigenvalue weighted by molar-refractivity contribution is -0.119. The largest absolute Gasteiger partial charge is 0.318 e. The molecule has 0 atom stereocenters. The van der Waals surface area contributed by atoms with Crippen molar-refractivity contribution < 1.29 is 17.6 Å². The van der Waals surface area contributed by atoms with Gasteiger partial charge in [0.05, 0.1) is 18.2 Å². The molecule has 0 saturated carbocycles. The van der Waals surface area contributed by atoms with Gasteiger partial charge >= 0.3 is 0 Å². The number of hydrogen-bond donors (Lipinski definition) is 1. The van der Waals surface area contributed by atoms with Gasteiger partial charge < -0.3 is 4.57 Å². The summed E-state index contributed by atoms with van der Waals surface area (Å²) >= 11 is 0. The Morgan fingerprint density at radius 3 is 2.45 bits per heavy atom. The lowest BCUT2D eigenvalue weighted by Gasteiger charge is -2.23. The molecule has 3 aromatic rings.